The highest BCUT2D eigenvalue weighted by Crippen LogP contribution is 2.16. The Balaban J connectivity index is 1.57. The van der Waals surface area contributed by atoms with Gasteiger partial charge in [-0.1, -0.05) is 0 Å². The van der Waals surface area contributed by atoms with Crippen LogP contribution in [0.1, 0.15) is 6.42 Å². The van der Waals surface area contributed by atoms with Gasteiger partial charge in [-0.3, -0.25) is 4.98 Å². The number of rotatable bonds is 4. The van der Waals surface area contributed by atoms with Gasteiger partial charge in [-0.25, -0.2) is 4.79 Å². The standard InChI is InChI=1S/C13H17N3O3/c17-13-16-11-2-1-9(7-12(11)19-13)15-4-3-10-8-14-5-6-18-10/h1-2,7,10,14-15H,3-6,8H2,(H,16,17). The highest BCUT2D eigenvalue weighted by Gasteiger charge is 2.12. The van der Waals surface area contributed by atoms with Crippen molar-refractivity contribution in [3.63, 3.8) is 0 Å². The molecule has 0 amide bonds. The minimum absolute atomic E-state index is 0.273. The predicted molar refractivity (Wildman–Crippen MR) is 72.6 cm³/mol. The fourth-order valence-electron chi connectivity index (χ4n) is 2.24. The van der Waals surface area contributed by atoms with Gasteiger partial charge < -0.3 is 19.8 Å². The number of oxazole rings is 1. The lowest BCUT2D eigenvalue weighted by Crippen LogP contribution is -2.39. The maximum absolute atomic E-state index is 11.1. The predicted octanol–water partition coefficient (Wildman–Crippen LogP) is 0.911. The van der Waals surface area contributed by atoms with Gasteiger partial charge in [-0.2, -0.15) is 0 Å². The lowest BCUT2D eigenvalue weighted by atomic mass is 10.2. The summed E-state index contributed by atoms with van der Waals surface area (Å²) in [6.45, 7) is 3.46. The van der Waals surface area contributed by atoms with Gasteiger partial charge in [0, 0.05) is 31.4 Å². The molecule has 3 N–H and O–H groups in total. The summed E-state index contributed by atoms with van der Waals surface area (Å²) in [7, 11) is 0. The molecule has 1 aliphatic heterocycles. The van der Waals surface area contributed by atoms with Crippen LogP contribution >= 0.6 is 0 Å². The molecule has 1 saturated heterocycles. The van der Waals surface area contributed by atoms with Crippen molar-refractivity contribution in [3.8, 4) is 0 Å². The molecule has 1 aromatic heterocycles. The van der Waals surface area contributed by atoms with Crippen LogP contribution in [0.25, 0.3) is 11.1 Å². The van der Waals surface area contributed by atoms with Crippen LogP contribution in [0.5, 0.6) is 0 Å². The van der Waals surface area contributed by atoms with E-state index in [0.29, 0.717) is 5.58 Å². The summed E-state index contributed by atoms with van der Waals surface area (Å²) in [5.41, 5.74) is 2.24. The Labute approximate surface area is 110 Å². The zero-order valence-electron chi connectivity index (χ0n) is 10.6. The van der Waals surface area contributed by atoms with Crippen molar-refractivity contribution in [2.24, 2.45) is 0 Å². The van der Waals surface area contributed by atoms with E-state index in [1.807, 2.05) is 18.2 Å². The minimum Gasteiger partial charge on any atom is -0.408 e. The number of aromatic nitrogens is 1. The molecule has 3 rings (SSSR count). The molecule has 6 heteroatoms. The molecular formula is C13H17N3O3. The highest BCUT2D eigenvalue weighted by atomic mass is 16.5. The Kier molecular flexibility index (Phi) is 3.52. The van der Waals surface area contributed by atoms with Crippen molar-refractivity contribution >= 4 is 16.8 Å². The minimum atomic E-state index is -0.422. The summed E-state index contributed by atoms with van der Waals surface area (Å²) in [5, 5.41) is 6.61. The van der Waals surface area contributed by atoms with Gasteiger partial charge in [0.25, 0.3) is 0 Å². The fraction of sp³-hybridized carbons (Fsp3) is 0.462. The van der Waals surface area contributed by atoms with E-state index < -0.39 is 5.76 Å². The molecule has 2 aromatic rings. The molecule has 0 saturated carbocycles. The molecule has 6 nitrogen and oxygen atoms in total. The zero-order chi connectivity index (χ0) is 13.1. The number of hydrogen-bond donors (Lipinski definition) is 3. The third-order valence-electron chi connectivity index (χ3n) is 3.22. The second-order valence-electron chi connectivity index (χ2n) is 4.64. The number of H-pyrrole nitrogens is 1. The Morgan fingerprint density at radius 2 is 2.37 bits per heavy atom. The van der Waals surface area contributed by atoms with E-state index >= 15 is 0 Å². The van der Waals surface area contributed by atoms with Crippen LogP contribution in [-0.2, 0) is 4.74 Å². The summed E-state index contributed by atoms with van der Waals surface area (Å²) in [6, 6.07) is 5.59. The smallest absolute Gasteiger partial charge is 0.408 e. The van der Waals surface area contributed by atoms with E-state index in [1.165, 1.54) is 0 Å². The van der Waals surface area contributed by atoms with Gasteiger partial charge in [0.05, 0.1) is 18.2 Å². The molecule has 102 valence electrons. The largest absolute Gasteiger partial charge is 0.417 e. The number of ether oxygens (including phenoxy) is 1. The van der Waals surface area contributed by atoms with E-state index in [2.05, 4.69) is 15.6 Å². The van der Waals surface area contributed by atoms with Crippen molar-refractivity contribution in [3.05, 3.63) is 28.7 Å². The van der Waals surface area contributed by atoms with Gasteiger partial charge in [0.1, 0.15) is 0 Å². The molecule has 1 unspecified atom stereocenters. The fourth-order valence-corrected chi connectivity index (χ4v) is 2.24. The van der Waals surface area contributed by atoms with Crippen LogP contribution in [0, 0.1) is 0 Å². The number of benzene rings is 1. The maximum atomic E-state index is 11.1. The number of morpholine rings is 1. The molecule has 0 spiro atoms. The molecule has 0 radical (unpaired) electrons. The van der Waals surface area contributed by atoms with Crippen molar-refractivity contribution in [2.75, 3.05) is 31.6 Å². The highest BCUT2D eigenvalue weighted by molar-refractivity contribution is 5.76. The molecule has 0 bridgehead atoms. The summed E-state index contributed by atoms with van der Waals surface area (Å²) in [6.07, 6.45) is 1.22. The van der Waals surface area contributed by atoms with Gasteiger partial charge in [-0.15, -0.1) is 0 Å². The second-order valence-corrected chi connectivity index (χ2v) is 4.64. The Morgan fingerprint density at radius 3 is 3.21 bits per heavy atom. The Hall–Kier alpha value is -1.79. The first-order valence-corrected chi connectivity index (χ1v) is 6.50. The Morgan fingerprint density at radius 1 is 1.42 bits per heavy atom. The van der Waals surface area contributed by atoms with Crippen LogP contribution in [0.3, 0.4) is 0 Å². The van der Waals surface area contributed by atoms with E-state index in [1.54, 1.807) is 0 Å². The van der Waals surface area contributed by atoms with Gasteiger partial charge in [-0.05, 0) is 18.6 Å². The molecule has 0 aliphatic carbocycles. The van der Waals surface area contributed by atoms with E-state index in [-0.39, 0.29) is 6.10 Å². The first kappa shape index (κ1) is 12.3. The first-order valence-electron chi connectivity index (χ1n) is 6.50. The quantitative estimate of drug-likeness (QED) is 0.764. The maximum Gasteiger partial charge on any atom is 0.417 e. The summed E-state index contributed by atoms with van der Waals surface area (Å²) < 4.78 is 10.6. The molecular weight excluding hydrogens is 246 g/mol. The zero-order valence-corrected chi connectivity index (χ0v) is 10.6. The van der Waals surface area contributed by atoms with Crippen molar-refractivity contribution < 1.29 is 9.15 Å². The Bertz CT molecular complexity index is 598. The number of anilines is 1. The van der Waals surface area contributed by atoms with Gasteiger partial charge in [0.2, 0.25) is 0 Å². The lowest BCUT2D eigenvalue weighted by Gasteiger charge is -2.23. The average molecular weight is 263 g/mol. The number of hydrogen-bond acceptors (Lipinski definition) is 5. The molecule has 1 fully saturated rings. The molecule has 2 heterocycles. The molecule has 1 atom stereocenters. The third-order valence-corrected chi connectivity index (χ3v) is 3.22. The van der Waals surface area contributed by atoms with Crippen molar-refractivity contribution in [2.45, 2.75) is 12.5 Å². The SMILES string of the molecule is O=c1[nH]c2ccc(NCCC3CNCCO3)cc2o1. The molecule has 1 aromatic carbocycles. The van der Waals surface area contributed by atoms with Crippen LogP contribution in [0.4, 0.5) is 5.69 Å². The average Bonchev–Trinajstić information content (AvgIpc) is 2.79. The number of fused-ring (bicyclic) bond motifs is 1. The monoisotopic (exact) mass is 263 g/mol. The van der Waals surface area contributed by atoms with Gasteiger partial charge in [0.15, 0.2) is 5.58 Å². The van der Waals surface area contributed by atoms with Crippen molar-refractivity contribution in [1.82, 2.24) is 10.3 Å². The second kappa shape index (κ2) is 5.46. The topological polar surface area (TPSA) is 79.3 Å². The van der Waals surface area contributed by atoms with Crippen LogP contribution in [0.15, 0.2) is 27.4 Å². The van der Waals surface area contributed by atoms with Crippen molar-refractivity contribution in [1.29, 1.82) is 0 Å². The number of nitrogens with one attached hydrogen (secondary N) is 3. The van der Waals surface area contributed by atoms with E-state index in [9.17, 15) is 4.79 Å². The van der Waals surface area contributed by atoms with E-state index in [4.69, 9.17) is 9.15 Å². The normalized spacial score (nSPS) is 19.7. The molecule has 1 aliphatic rings. The molecule has 19 heavy (non-hydrogen) atoms. The summed E-state index contributed by atoms with van der Waals surface area (Å²) >= 11 is 0. The van der Waals surface area contributed by atoms with Crippen LogP contribution < -0.4 is 16.4 Å². The lowest BCUT2D eigenvalue weighted by molar-refractivity contribution is 0.0258. The van der Waals surface area contributed by atoms with Gasteiger partial charge >= 0.3 is 5.76 Å². The van der Waals surface area contributed by atoms with E-state index in [0.717, 1.165) is 43.9 Å². The third kappa shape index (κ3) is 2.97. The van der Waals surface area contributed by atoms with Crippen LogP contribution in [0.2, 0.25) is 0 Å². The summed E-state index contributed by atoms with van der Waals surface area (Å²) in [4.78, 5) is 13.7. The first-order chi connectivity index (χ1) is 9.31. The van der Waals surface area contributed by atoms with Crippen LogP contribution in [-0.4, -0.2) is 37.3 Å². The number of aromatic amines is 1. The summed E-state index contributed by atoms with van der Waals surface area (Å²) in [5.74, 6) is -0.422.